The smallest absolute Gasteiger partial charge is 0.175 e. The molecule has 0 heterocycles. The molecule has 0 aliphatic carbocycles. The molecule has 0 aliphatic heterocycles. The number of hydrogen-bond donors (Lipinski definition) is 1. The molecule has 2 rings (SSSR count). The van der Waals surface area contributed by atoms with Crippen LogP contribution in [0.1, 0.15) is 56.6 Å². The number of unbranched alkanes of at least 4 members (excludes halogenated alkanes) is 5. The Balaban J connectivity index is 0.00000420. The molecule has 3 nitrogen and oxygen atoms in total. The molecule has 0 amide bonds. The Morgan fingerprint density at radius 2 is 1.76 bits per heavy atom. The van der Waals surface area contributed by atoms with Crippen LogP contribution in [0.4, 0.5) is 4.39 Å². The number of benzene rings is 2. The van der Waals surface area contributed by atoms with Gasteiger partial charge in [-0.15, -0.1) is 12.4 Å². The molecule has 0 atom stereocenters. The van der Waals surface area contributed by atoms with Gasteiger partial charge in [0.05, 0.1) is 11.6 Å². The zero-order valence-corrected chi connectivity index (χ0v) is 19.7. The van der Waals surface area contributed by atoms with Crippen molar-refractivity contribution in [2.75, 3.05) is 13.7 Å². The molecule has 0 radical (unpaired) electrons. The van der Waals surface area contributed by atoms with Crippen LogP contribution in [-0.2, 0) is 13.2 Å². The molecular formula is C23H32BrClFNO2. The minimum absolute atomic E-state index is 0. The maximum Gasteiger partial charge on any atom is 0.175 e. The van der Waals surface area contributed by atoms with E-state index in [2.05, 4.69) is 28.2 Å². The van der Waals surface area contributed by atoms with Gasteiger partial charge in [0.1, 0.15) is 12.4 Å². The highest BCUT2D eigenvalue weighted by molar-refractivity contribution is 9.10. The van der Waals surface area contributed by atoms with Crippen LogP contribution in [0.3, 0.4) is 0 Å². The predicted molar refractivity (Wildman–Crippen MR) is 124 cm³/mol. The summed E-state index contributed by atoms with van der Waals surface area (Å²) in [6, 6.07) is 10.6. The normalized spacial score (nSPS) is 10.5. The molecule has 0 unspecified atom stereocenters. The zero-order chi connectivity index (χ0) is 20.2. The Morgan fingerprint density at radius 1 is 1.03 bits per heavy atom. The summed E-state index contributed by atoms with van der Waals surface area (Å²) in [5.41, 5.74) is 1.63. The van der Waals surface area contributed by atoms with Crippen LogP contribution in [0, 0.1) is 5.82 Å². The quantitative estimate of drug-likeness (QED) is 0.306. The molecule has 1 N–H and O–H groups in total. The van der Waals surface area contributed by atoms with E-state index in [0.717, 1.165) is 23.1 Å². The third-order valence-electron chi connectivity index (χ3n) is 4.66. The molecular weight excluding hydrogens is 457 g/mol. The van der Waals surface area contributed by atoms with Crippen molar-refractivity contribution in [3.63, 3.8) is 0 Å². The number of halogens is 3. The van der Waals surface area contributed by atoms with Crippen molar-refractivity contribution in [1.29, 1.82) is 0 Å². The molecule has 0 aromatic heterocycles. The topological polar surface area (TPSA) is 30.5 Å². The second-order valence-corrected chi connectivity index (χ2v) is 7.79. The highest BCUT2D eigenvalue weighted by Gasteiger charge is 2.13. The minimum atomic E-state index is -0.270. The average molecular weight is 489 g/mol. The third-order valence-corrected chi connectivity index (χ3v) is 5.24. The summed E-state index contributed by atoms with van der Waals surface area (Å²) in [5.74, 6) is 0.959. The lowest BCUT2D eigenvalue weighted by molar-refractivity contribution is 0.277. The summed E-state index contributed by atoms with van der Waals surface area (Å²) in [7, 11) is 1.62. The van der Waals surface area contributed by atoms with E-state index in [4.69, 9.17) is 9.47 Å². The van der Waals surface area contributed by atoms with Crippen LogP contribution < -0.4 is 14.8 Å². The fourth-order valence-electron chi connectivity index (χ4n) is 3.04. The molecule has 0 fully saturated rings. The molecule has 0 aliphatic rings. The Hall–Kier alpha value is -1.30. The van der Waals surface area contributed by atoms with Gasteiger partial charge in [0, 0.05) is 12.1 Å². The lowest BCUT2D eigenvalue weighted by Gasteiger charge is -2.15. The maximum absolute atomic E-state index is 13.8. The first kappa shape index (κ1) is 25.7. The molecule has 29 heavy (non-hydrogen) atoms. The SMILES string of the molecule is CCCCCCCCNCc1cc(Br)c(OCc2ccccc2F)c(OC)c1.Cl. The number of rotatable bonds is 13. The number of nitrogens with one attached hydrogen (secondary N) is 1. The highest BCUT2D eigenvalue weighted by atomic mass is 79.9. The van der Waals surface area contributed by atoms with E-state index in [-0.39, 0.29) is 24.8 Å². The lowest BCUT2D eigenvalue weighted by Crippen LogP contribution is -2.15. The van der Waals surface area contributed by atoms with Gasteiger partial charge in [-0.2, -0.15) is 0 Å². The van der Waals surface area contributed by atoms with E-state index in [9.17, 15) is 4.39 Å². The second kappa shape index (κ2) is 14.6. The van der Waals surface area contributed by atoms with Gasteiger partial charge in [-0.05, 0) is 52.7 Å². The van der Waals surface area contributed by atoms with Crippen LogP contribution in [-0.4, -0.2) is 13.7 Å². The van der Waals surface area contributed by atoms with Crippen molar-refractivity contribution >= 4 is 28.3 Å². The van der Waals surface area contributed by atoms with Crippen LogP contribution in [0.5, 0.6) is 11.5 Å². The zero-order valence-electron chi connectivity index (χ0n) is 17.3. The van der Waals surface area contributed by atoms with Gasteiger partial charge in [0.25, 0.3) is 0 Å². The van der Waals surface area contributed by atoms with Gasteiger partial charge in [-0.1, -0.05) is 57.2 Å². The van der Waals surface area contributed by atoms with Crippen LogP contribution in [0.25, 0.3) is 0 Å². The van der Waals surface area contributed by atoms with Gasteiger partial charge >= 0.3 is 0 Å². The van der Waals surface area contributed by atoms with E-state index in [0.29, 0.717) is 17.1 Å². The number of hydrogen-bond acceptors (Lipinski definition) is 3. The first-order valence-corrected chi connectivity index (χ1v) is 10.9. The van der Waals surface area contributed by atoms with Crippen molar-refractivity contribution in [1.82, 2.24) is 5.32 Å². The Bertz CT molecular complexity index is 730. The van der Waals surface area contributed by atoms with E-state index in [1.165, 1.54) is 44.6 Å². The number of ether oxygens (including phenoxy) is 2. The standard InChI is InChI=1S/C23H31BrFNO2.ClH/c1-3-4-5-6-7-10-13-26-16-18-14-20(24)23(22(15-18)27-2)28-17-19-11-8-9-12-21(19)25;/h8-9,11-12,14-15,26H,3-7,10,13,16-17H2,1-2H3;1H. The monoisotopic (exact) mass is 487 g/mol. The second-order valence-electron chi connectivity index (χ2n) is 6.93. The fraction of sp³-hybridized carbons (Fsp3) is 0.478. The Labute approximate surface area is 188 Å². The summed E-state index contributed by atoms with van der Waals surface area (Å²) >= 11 is 3.56. The van der Waals surface area contributed by atoms with Crippen molar-refractivity contribution in [2.45, 2.75) is 58.6 Å². The first-order chi connectivity index (χ1) is 13.7. The van der Waals surface area contributed by atoms with E-state index >= 15 is 0 Å². The average Bonchev–Trinajstić information content (AvgIpc) is 2.70. The molecule has 0 bridgehead atoms. The van der Waals surface area contributed by atoms with Gasteiger partial charge in [0.15, 0.2) is 11.5 Å². The highest BCUT2D eigenvalue weighted by Crippen LogP contribution is 2.37. The van der Waals surface area contributed by atoms with E-state index < -0.39 is 0 Å². The summed E-state index contributed by atoms with van der Waals surface area (Å²) in [4.78, 5) is 0. The van der Waals surface area contributed by atoms with Crippen molar-refractivity contribution < 1.29 is 13.9 Å². The molecule has 2 aromatic rings. The lowest BCUT2D eigenvalue weighted by atomic mass is 10.1. The maximum atomic E-state index is 13.8. The fourth-order valence-corrected chi connectivity index (χ4v) is 3.65. The molecule has 0 spiro atoms. The van der Waals surface area contributed by atoms with Gasteiger partial charge in [0.2, 0.25) is 0 Å². The minimum Gasteiger partial charge on any atom is -0.493 e. The van der Waals surface area contributed by atoms with Crippen molar-refractivity contribution in [3.8, 4) is 11.5 Å². The molecule has 2 aromatic carbocycles. The van der Waals surface area contributed by atoms with Gasteiger partial charge in [-0.3, -0.25) is 0 Å². The van der Waals surface area contributed by atoms with Crippen LogP contribution >= 0.6 is 28.3 Å². The molecule has 162 valence electrons. The summed E-state index contributed by atoms with van der Waals surface area (Å²) < 4.78 is 25.9. The van der Waals surface area contributed by atoms with E-state index in [1.54, 1.807) is 25.3 Å². The largest absolute Gasteiger partial charge is 0.493 e. The molecule has 6 heteroatoms. The van der Waals surface area contributed by atoms with Crippen molar-refractivity contribution in [2.24, 2.45) is 0 Å². The van der Waals surface area contributed by atoms with Crippen LogP contribution in [0.15, 0.2) is 40.9 Å². The van der Waals surface area contributed by atoms with Crippen LogP contribution in [0.2, 0.25) is 0 Å². The molecule has 0 saturated carbocycles. The summed E-state index contributed by atoms with van der Waals surface area (Å²) in [5, 5.41) is 3.49. The Kier molecular flexibility index (Phi) is 13.0. The third kappa shape index (κ3) is 8.93. The number of methoxy groups -OCH3 is 1. The summed E-state index contributed by atoms with van der Waals surface area (Å²) in [6.45, 7) is 4.18. The van der Waals surface area contributed by atoms with Gasteiger partial charge in [-0.25, -0.2) is 4.39 Å². The van der Waals surface area contributed by atoms with Gasteiger partial charge < -0.3 is 14.8 Å². The first-order valence-electron chi connectivity index (χ1n) is 10.1. The summed E-state index contributed by atoms with van der Waals surface area (Å²) in [6.07, 6.45) is 7.77. The predicted octanol–water partition coefficient (Wildman–Crippen LogP) is 7.05. The van der Waals surface area contributed by atoms with E-state index in [1.807, 2.05) is 12.1 Å². The Morgan fingerprint density at radius 3 is 2.48 bits per heavy atom. The molecule has 0 saturated heterocycles. The van der Waals surface area contributed by atoms with Crippen molar-refractivity contribution in [3.05, 3.63) is 57.8 Å².